The van der Waals surface area contributed by atoms with E-state index in [-0.39, 0.29) is 24.8 Å². The molecule has 118 valence electrons. The van der Waals surface area contributed by atoms with Crippen LogP contribution >= 0.6 is 11.3 Å². The summed E-state index contributed by atoms with van der Waals surface area (Å²) in [4.78, 5) is 27.5. The van der Waals surface area contributed by atoms with Crippen LogP contribution in [0, 0.1) is 13.8 Å². The van der Waals surface area contributed by atoms with E-state index in [4.69, 9.17) is 4.74 Å². The first kappa shape index (κ1) is 16.2. The minimum Gasteiger partial charge on any atom is -0.466 e. The monoisotopic (exact) mass is 322 g/mol. The minimum atomic E-state index is -0.326. The predicted molar refractivity (Wildman–Crippen MR) is 82.8 cm³/mol. The van der Waals surface area contributed by atoms with Gasteiger partial charge in [0.05, 0.1) is 24.4 Å². The number of nitrogens with one attached hydrogen (secondary N) is 1. The van der Waals surface area contributed by atoms with E-state index in [2.05, 4.69) is 15.4 Å². The molecule has 0 aliphatic rings. The molecule has 0 unspecified atom stereocenters. The molecule has 2 aromatic heterocycles. The second-order valence-corrected chi connectivity index (χ2v) is 5.62. The number of esters is 1. The summed E-state index contributed by atoms with van der Waals surface area (Å²) in [5.41, 5.74) is 2.39. The summed E-state index contributed by atoms with van der Waals surface area (Å²) in [6.45, 7) is 6.00. The van der Waals surface area contributed by atoms with Gasteiger partial charge < -0.3 is 10.1 Å². The molecule has 0 radical (unpaired) electrons. The van der Waals surface area contributed by atoms with Gasteiger partial charge in [0, 0.05) is 11.1 Å². The molecule has 0 saturated carbocycles. The van der Waals surface area contributed by atoms with Crippen molar-refractivity contribution >= 4 is 28.3 Å². The summed E-state index contributed by atoms with van der Waals surface area (Å²) in [6, 6.07) is 1.91. The molecule has 22 heavy (non-hydrogen) atoms. The third kappa shape index (κ3) is 4.39. The van der Waals surface area contributed by atoms with Crippen LogP contribution in [0.4, 0.5) is 5.13 Å². The summed E-state index contributed by atoms with van der Waals surface area (Å²) >= 11 is 1.28. The number of anilines is 1. The van der Waals surface area contributed by atoms with Gasteiger partial charge in [-0.2, -0.15) is 5.10 Å². The Hall–Kier alpha value is -2.22. The molecule has 0 spiro atoms. The van der Waals surface area contributed by atoms with Crippen LogP contribution in [0.5, 0.6) is 0 Å². The maximum Gasteiger partial charge on any atom is 0.311 e. The lowest BCUT2D eigenvalue weighted by Gasteiger charge is -2.04. The second kappa shape index (κ2) is 7.17. The first-order valence-electron chi connectivity index (χ1n) is 6.89. The molecule has 7 nitrogen and oxygen atoms in total. The molecule has 2 aromatic rings. The second-order valence-electron chi connectivity index (χ2n) is 4.76. The summed E-state index contributed by atoms with van der Waals surface area (Å²) in [5, 5.41) is 9.14. The van der Waals surface area contributed by atoms with Gasteiger partial charge in [-0.3, -0.25) is 14.3 Å². The van der Waals surface area contributed by atoms with Gasteiger partial charge in [-0.25, -0.2) is 4.98 Å². The highest BCUT2D eigenvalue weighted by molar-refractivity contribution is 7.13. The lowest BCUT2D eigenvalue weighted by Crippen LogP contribution is -2.20. The van der Waals surface area contributed by atoms with Crippen molar-refractivity contribution < 1.29 is 14.3 Å². The van der Waals surface area contributed by atoms with Crippen molar-refractivity contribution in [2.24, 2.45) is 0 Å². The van der Waals surface area contributed by atoms with Gasteiger partial charge in [0.1, 0.15) is 6.54 Å². The summed E-state index contributed by atoms with van der Waals surface area (Å²) in [6.07, 6.45) is 0.109. The number of hydrogen-bond acceptors (Lipinski definition) is 6. The quantitative estimate of drug-likeness (QED) is 0.818. The Morgan fingerprint density at radius 1 is 1.41 bits per heavy atom. The number of amides is 1. The number of hydrogen-bond donors (Lipinski definition) is 1. The van der Waals surface area contributed by atoms with E-state index < -0.39 is 0 Å². The van der Waals surface area contributed by atoms with Crippen molar-refractivity contribution in [2.45, 2.75) is 33.7 Å². The van der Waals surface area contributed by atoms with Crippen LogP contribution in [0.15, 0.2) is 11.4 Å². The van der Waals surface area contributed by atoms with Gasteiger partial charge in [0.2, 0.25) is 5.91 Å². The molecular weight excluding hydrogens is 304 g/mol. The minimum absolute atomic E-state index is 0.109. The Kier molecular flexibility index (Phi) is 5.26. The SMILES string of the molecule is CCOC(=O)Cc1csc(NC(=O)Cn2nc(C)cc2C)n1. The zero-order chi connectivity index (χ0) is 16.1. The molecule has 0 saturated heterocycles. The van der Waals surface area contributed by atoms with Crippen LogP contribution in [0.25, 0.3) is 0 Å². The van der Waals surface area contributed by atoms with E-state index in [1.54, 1.807) is 17.0 Å². The number of carbonyl (C=O) groups excluding carboxylic acids is 2. The topological polar surface area (TPSA) is 86.1 Å². The van der Waals surface area contributed by atoms with Crippen LogP contribution in [-0.4, -0.2) is 33.2 Å². The number of thiazole rings is 1. The Morgan fingerprint density at radius 3 is 2.82 bits per heavy atom. The Bertz CT molecular complexity index is 677. The molecule has 0 fully saturated rings. The molecule has 0 aliphatic heterocycles. The van der Waals surface area contributed by atoms with Gasteiger partial charge >= 0.3 is 5.97 Å². The predicted octanol–water partition coefficient (Wildman–Crippen LogP) is 1.70. The van der Waals surface area contributed by atoms with Crippen LogP contribution in [0.3, 0.4) is 0 Å². The average Bonchev–Trinajstić information content (AvgIpc) is 2.97. The van der Waals surface area contributed by atoms with Gasteiger partial charge in [-0.15, -0.1) is 11.3 Å². The molecule has 0 aromatic carbocycles. The molecule has 0 bridgehead atoms. The van der Waals surface area contributed by atoms with E-state index >= 15 is 0 Å². The maximum absolute atomic E-state index is 12.0. The fourth-order valence-electron chi connectivity index (χ4n) is 1.94. The van der Waals surface area contributed by atoms with Gasteiger partial charge in [0.25, 0.3) is 0 Å². The summed E-state index contributed by atoms with van der Waals surface area (Å²) in [7, 11) is 0. The van der Waals surface area contributed by atoms with Gasteiger partial charge in [-0.1, -0.05) is 0 Å². The molecule has 2 rings (SSSR count). The molecule has 2 heterocycles. The third-order valence-corrected chi connectivity index (χ3v) is 3.63. The third-order valence-electron chi connectivity index (χ3n) is 2.83. The lowest BCUT2D eigenvalue weighted by atomic mass is 10.3. The Morgan fingerprint density at radius 2 is 2.18 bits per heavy atom. The number of aromatic nitrogens is 3. The van der Waals surface area contributed by atoms with Crippen LogP contribution in [0.1, 0.15) is 24.0 Å². The fourth-order valence-corrected chi connectivity index (χ4v) is 2.66. The number of nitrogens with zero attached hydrogens (tertiary/aromatic N) is 3. The van der Waals surface area contributed by atoms with Crippen molar-refractivity contribution in [2.75, 3.05) is 11.9 Å². The number of carbonyl (C=O) groups is 2. The van der Waals surface area contributed by atoms with Crippen LogP contribution < -0.4 is 5.32 Å². The first-order valence-corrected chi connectivity index (χ1v) is 7.76. The van der Waals surface area contributed by atoms with E-state index in [0.717, 1.165) is 11.4 Å². The van der Waals surface area contributed by atoms with Crippen molar-refractivity contribution in [3.63, 3.8) is 0 Å². The molecule has 8 heteroatoms. The van der Waals surface area contributed by atoms with E-state index in [0.29, 0.717) is 17.4 Å². The highest BCUT2D eigenvalue weighted by Crippen LogP contribution is 2.16. The zero-order valence-corrected chi connectivity index (χ0v) is 13.6. The van der Waals surface area contributed by atoms with Crippen LogP contribution in [-0.2, 0) is 27.3 Å². The molecule has 0 atom stereocenters. The normalized spacial score (nSPS) is 10.5. The standard InChI is InChI=1S/C14H18N4O3S/c1-4-21-13(20)6-11-8-22-14(15-11)16-12(19)7-18-10(3)5-9(2)17-18/h5,8H,4,6-7H2,1-3H3,(H,15,16,19). The number of aryl methyl sites for hydroxylation is 2. The average molecular weight is 322 g/mol. The number of rotatable bonds is 6. The van der Waals surface area contributed by atoms with Gasteiger partial charge in [-0.05, 0) is 26.8 Å². The molecule has 1 N–H and O–H groups in total. The first-order chi connectivity index (χ1) is 10.5. The van der Waals surface area contributed by atoms with E-state index in [1.807, 2.05) is 19.9 Å². The summed E-state index contributed by atoms with van der Waals surface area (Å²) < 4.78 is 6.49. The van der Waals surface area contributed by atoms with Crippen molar-refractivity contribution in [1.29, 1.82) is 0 Å². The molecular formula is C14H18N4O3S. The Labute approximate surface area is 132 Å². The van der Waals surface area contributed by atoms with E-state index in [1.165, 1.54) is 11.3 Å². The van der Waals surface area contributed by atoms with Gasteiger partial charge in [0.15, 0.2) is 5.13 Å². The van der Waals surface area contributed by atoms with Crippen molar-refractivity contribution in [3.8, 4) is 0 Å². The van der Waals surface area contributed by atoms with Crippen LogP contribution in [0.2, 0.25) is 0 Å². The number of ether oxygens (including phenoxy) is 1. The van der Waals surface area contributed by atoms with Crippen molar-refractivity contribution in [1.82, 2.24) is 14.8 Å². The fraction of sp³-hybridized carbons (Fsp3) is 0.429. The largest absolute Gasteiger partial charge is 0.466 e. The zero-order valence-electron chi connectivity index (χ0n) is 12.8. The molecule has 1 amide bonds. The highest BCUT2D eigenvalue weighted by atomic mass is 32.1. The Balaban J connectivity index is 1.91. The van der Waals surface area contributed by atoms with Crippen molar-refractivity contribution in [3.05, 3.63) is 28.5 Å². The highest BCUT2D eigenvalue weighted by Gasteiger charge is 2.12. The lowest BCUT2D eigenvalue weighted by molar-refractivity contribution is -0.142. The smallest absolute Gasteiger partial charge is 0.311 e. The molecule has 0 aliphatic carbocycles. The maximum atomic E-state index is 12.0. The van der Waals surface area contributed by atoms with E-state index in [9.17, 15) is 9.59 Å². The summed E-state index contributed by atoms with van der Waals surface area (Å²) in [5.74, 6) is -0.531.